The molecule has 1 fully saturated rings. The lowest BCUT2D eigenvalue weighted by molar-refractivity contribution is 0.0947. The van der Waals surface area contributed by atoms with Crippen molar-refractivity contribution >= 4 is 15.7 Å². The van der Waals surface area contributed by atoms with Crippen molar-refractivity contribution in [3.8, 4) is 0 Å². The maximum atomic E-state index is 11.8. The van der Waals surface area contributed by atoms with Gasteiger partial charge in [-0.3, -0.25) is 9.59 Å². The van der Waals surface area contributed by atoms with Gasteiger partial charge in [-0.2, -0.15) is 0 Å². The lowest BCUT2D eigenvalue weighted by Gasteiger charge is -2.09. The van der Waals surface area contributed by atoms with Gasteiger partial charge in [0.25, 0.3) is 11.5 Å². The fourth-order valence-corrected chi connectivity index (χ4v) is 3.98. The molecule has 0 aromatic carbocycles. The number of carbonyl (C=O) groups excluding carboxylic acids is 1. The maximum absolute atomic E-state index is 11.8. The first-order valence-corrected chi connectivity index (χ1v) is 7.88. The highest BCUT2D eigenvalue weighted by molar-refractivity contribution is 7.91. The predicted molar refractivity (Wildman–Crippen MR) is 70.9 cm³/mol. The minimum absolute atomic E-state index is 0.0476. The maximum Gasteiger partial charge on any atom is 0.260 e. The average molecular weight is 284 g/mol. The molecule has 1 atom stereocenters. The molecule has 0 spiro atoms. The Hall–Kier alpha value is -1.63. The van der Waals surface area contributed by atoms with E-state index in [4.69, 9.17) is 0 Å². The highest BCUT2D eigenvalue weighted by Gasteiger charge is 2.28. The number of nitrogens with one attached hydrogen (secondary N) is 2. The number of aromatic nitrogens is 1. The summed E-state index contributed by atoms with van der Waals surface area (Å²) in [5.74, 6) is -0.236. The highest BCUT2D eigenvalue weighted by atomic mass is 32.2. The van der Waals surface area contributed by atoms with Crippen molar-refractivity contribution in [2.45, 2.75) is 13.3 Å². The van der Waals surface area contributed by atoms with E-state index >= 15 is 0 Å². The van der Waals surface area contributed by atoms with Crippen molar-refractivity contribution < 1.29 is 13.2 Å². The van der Waals surface area contributed by atoms with Crippen LogP contribution >= 0.6 is 0 Å². The molecule has 2 N–H and O–H groups in total. The second kappa shape index (κ2) is 5.16. The third-order valence-corrected chi connectivity index (χ3v) is 5.01. The Kier molecular flexibility index (Phi) is 3.75. The third-order valence-electron chi connectivity index (χ3n) is 3.18. The first kappa shape index (κ1) is 13.8. The zero-order valence-electron chi connectivity index (χ0n) is 10.6. The lowest BCUT2D eigenvalue weighted by atomic mass is 10.1. The monoisotopic (exact) mass is 284 g/mol. The van der Waals surface area contributed by atoms with Crippen LogP contribution in [-0.2, 0) is 9.84 Å². The minimum atomic E-state index is -2.94. The number of sulfone groups is 1. The normalized spacial score (nSPS) is 21.2. The van der Waals surface area contributed by atoms with E-state index in [0.717, 1.165) is 0 Å². The van der Waals surface area contributed by atoms with Crippen LogP contribution in [0, 0.1) is 12.8 Å². The fourth-order valence-electron chi connectivity index (χ4n) is 2.12. The van der Waals surface area contributed by atoms with Crippen molar-refractivity contribution in [1.29, 1.82) is 0 Å². The highest BCUT2D eigenvalue weighted by Crippen LogP contribution is 2.17. The summed E-state index contributed by atoms with van der Waals surface area (Å²) in [6.45, 7) is 2.01. The molecule has 1 amide bonds. The predicted octanol–water partition coefficient (Wildman–Crippen LogP) is -0.152. The second-order valence-electron chi connectivity index (χ2n) is 4.86. The van der Waals surface area contributed by atoms with Crippen LogP contribution in [0.1, 0.15) is 22.5 Å². The van der Waals surface area contributed by atoms with E-state index < -0.39 is 21.3 Å². The molecule has 0 unspecified atom stereocenters. The molecular formula is C12H16N2O4S. The Morgan fingerprint density at radius 3 is 2.79 bits per heavy atom. The molecule has 2 rings (SSSR count). The zero-order chi connectivity index (χ0) is 14.0. The summed E-state index contributed by atoms with van der Waals surface area (Å²) >= 11 is 0. The van der Waals surface area contributed by atoms with E-state index in [0.29, 0.717) is 12.1 Å². The SMILES string of the molecule is Cc1ccc(C(=O)NC[C@H]2CCS(=O)(=O)C2)c(=O)[nH]1. The average Bonchev–Trinajstić information content (AvgIpc) is 2.66. The van der Waals surface area contributed by atoms with E-state index in [9.17, 15) is 18.0 Å². The zero-order valence-corrected chi connectivity index (χ0v) is 11.4. The van der Waals surface area contributed by atoms with E-state index in [2.05, 4.69) is 10.3 Å². The molecule has 2 heterocycles. The van der Waals surface area contributed by atoms with Gasteiger partial charge >= 0.3 is 0 Å². The number of hydrogen-bond acceptors (Lipinski definition) is 4. The van der Waals surface area contributed by atoms with Crippen LogP contribution in [-0.4, -0.2) is 37.4 Å². The van der Waals surface area contributed by atoms with Crippen LogP contribution in [0.5, 0.6) is 0 Å². The molecule has 1 aliphatic heterocycles. The molecule has 0 bridgehead atoms. The summed E-state index contributed by atoms with van der Waals surface area (Å²) in [5.41, 5.74) is 0.298. The summed E-state index contributed by atoms with van der Waals surface area (Å²) in [6, 6.07) is 3.12. The molecule has 1 aliphatic rings. The lowest BCUT2D eigenvalue weighted by Crippen LogP contribution is -2.33. The fraction of sp³-hybridized carbons (Fsp3) is 0.500. The van der Waals surface area contributed by atoms with Crippen LogP contribution < -0.4 is 10.9 Å². The largest absolute Gasteiger partial charge is 0.352 e. The number of amides is 1. The van der Waals surface area contributed by atoms with Gasteiger partial charge in [0.05, 0.1) is 11.5 Å². The molecule has 104 valence electrons. The molecule has 0 saturated carbocycles. The van der Waals surface area contributed by atoms with E-state index in [1.165, 1.54) is 6.07 Å². The first-order valence-electron chi connectivity index (χ1n) is 6.06. The van der Waals surface area contributed by atoms with E-state index in [-0.39, 0.29) is 29.5 Å². The molecule has 1 aromatic rings. The van der Waals surface area contributed by atoms with Gasteiger partial charge in [-0.25, -0.2) is 8.42 Å². The molecule has 0 radical (unpaired) electrons. The Morgan fingerprint density at radius 2 is 2.21 bits per heavy atom. The van der Waals surface area contributed by atoms with Crippen molar-refractivity contribution in [3.05, 3.63) is 33.7 Å². The van der Waals surface area contributed by atoms with Gasteiger partial charge in [0.15, 0.2) is 9.84 Å². The van der Waals surface area contributed by atoms with E-state index in [1.807, 2.05) is 0 Å². The van der Waals surface area contributed by atoms with Crippen LogP contribution in [0.4, 0.5) is 0 Å². The van der Waals surface area contributed by atoms with Gasteiger partial charge < -0.3 is 10.3 Å². The van der Waals surface area contributed by atoms with Crippen molar-refractivity contribution in [2.75, 3.05) is 18.1 Å². The molecule has 0 aliphatic carbocycles. The van der Waals surface area contributed by atoms with E-state index in [1.54, 1.807) is 13.0 Å². The Labute approximate surface area is 111 Å². The third kappa shape index (κ3) is 3.44. The van der Waals surface area contributed by atoms with Crippen LogP contribution in [0.2, 0.25) is 0 Å². The minimum Gasteiger partial charge on any atom is -0.352 e. The number of carbonyl (C=O) groups is 1. The first-order chi connectivity index (χ1) is 8.87. The number of aryl methyl sites for hydroxylation is 1. The number of hydrogen-bond donors (Lipinski definition) is 2. The number of rotatable bonds is 3. The van der Waals surface area contributed by atoms with Crippen molar-refractivity contribution in [1.82, 2.24) is 10.3 Å². The molecule has 6 nitrogen and oxygen atoms in total. The van der Waals surface area contributed by atoms with Gasteiger partial charge in [-0.15, -0.1) is 0 Å². The molecule has 1 aromatic heterocycles. The second-order valence-corrected chi connectivity index (χ2v) is 7.09. The summed E-state index contributed by atoms with van der Waals surface area (Å²) < 4.78 is 22.6. The topological polar surface area (TPSA) is 96.1 Å². The van der Waals surface area contributed by atoms with Crippen molar-refractivity contribution in [3.63, 3.8) is 0 Å². The van der Waals surface area contributed by atoms with Crippen LogP contribution in [0.3, 0.4) is 0 Å². The summed E-state index contributed by atoms with van der Waals surface area (Å²) in [6.07, 6.45) is 0.562. The molecule has 7 heteroatoms. The van der Waals surface area contributed by atoms with Gasteiger partial charge in [0.1, 0.15) is 5.56 Å². The Balaban J connectivity index is 1.97. The summed E-state index contributed by atoms with van der Waals surface area (Å²) in [4.78, 5) is 25.9. The quantitative estimate of drug-likeness (QED) is 0.806. The standard InChI is InChI=1S/C12H16N2O4S/c1-8-2-3-10(12(16)14-8)11(15)13-6-9-4-5-19(17,18)7-9/h2-3,9H,4-7H2,1H3,(H,13,15)(H,14,16)/t9-/m1/s1. The summed E-state index contributed by atoms with van der Waals surface area (Å²) in [7, 11) is -2.94. The number of aromatic amines is 1. The van der Waals surface area contributed by atoms with Gasteiger partial charge in [0, 0.05) is 12.2 Å². The van der Waals surface area contributed by atoms with Crippen LogP contribution in [0.25, 0.3) is 0 Å². The van der Waals surface area contributed by atoms with Crippen LogP contribution in [0.15, 0.2) is 16.9 Å². The Bertz CT molecular complexity index is 648. The number of pyridine rings is 1. The number of H-pyrrole nitrogens is 1. The Morgan fingerprint density at radius 1 is 1.47 bits per heavy atom. The smallest absolute Gasteiger partial charge is 0.260 e. The van der Waals surface area contributed by atoms with Gasteiger partial charge in [-0.1, -0.05) is 0 Å². The van der Waals surface area contributed by atoms with Gasteiger partial charge in [0.2, 0.25) is 0 Å². The molecule has 19 heavy (non-hydrogen) atoms. The van der Waals surface area contributed by atoms with Crippen molar-refractivity contribution in [2.24, 2.45) is 5.92 Å². The molecule has 1 saturated heterocycles. The van der Waals surface area contributed by atoms with Gasteiger partial charge in [-0.05, 0) is 31.4 Å². The molecular weight excluding hydrogens is 268 g/mol. The summed E-state index contributed by atoms with van der Waals surface area (Å²) in [5, 5.41) is 2.62.